The predicted octanol–water partition coefficient (Wildman–Crippen LogP) is 5.76. The highest BCUT2D eigenvalue weighted by atomic mass is 32.2. The first kappa shape index (κ1) is 19.2. The number of hydrogen-bond acceptors (Lipinski definition) is 1. The van der Waals surface area contributed by atoms with Crippen molar-refractivity contribution in [1.29, 1.82) is 0 Å². The van der Waals surface area contributed by atoms with Gasteiger partial charge in [-0.15, -0.1) is 0 Å². The zero-order chi connectivity index (χ0) is 20.1. The topological polar surface area (TPSA) is 17.1 Å². The molecule has 0 aromatic heterocycles. The maximum Gasteiger partial charge on any atom is 0.0498 e. The molecule has 0 N–H and O–H groups in total. The summed E-state index contributed by atoms with van der Waals surface area (Å²) in [6.45, 7) is 0. The normalized spacial score (nSPS) is 11.6. The van der Waals surface area contributed by atoms with Crippen molar-refractivity contribution in [2.24, 2.45) is 0 Å². The largest absolute Gasteiger partial charge is 0.255 e. The van der Waals surface area contributed by atoms with Gasteiger partial charge in [0.15, 0.2) is 0 Å². The van der Waals surface area contributed by atoms with Crippen LogP contribution in [0.4, 0.5) is 0 Å². The Kier molecular flexibility index (Phi) is 5.89. The Labute approximate surface area is 174 Å². The minimum atomic E-state index is -0.933. The lowest BCUT2D eigenvalue weighted by Gasteiger charge is -2.06. The first-order valence-electron chi connectivity index (χ1n) is 9.65. The average Bonchev–Trinajstić information content (AvgIpc) is 2.75. The molecule has 4 rings (SSSR count). The summed E-state index contributed by atoms with van der Waals surface area (Å²) in [5, 5.41) is 2.43. The SMILES string of the molecule is CS(=O)c1ccc(Cc2ccc3ccc(C#CCc4ccccc4)cc3c2)cc1. The third-order valence-corrected chi connectivity index (χ3v) is 5.87. The molecule has 29 heavy (non-hydrogen) atoms. The maximum absolute atomic E-state index is 11.5. The summed E-state index contributed by atoms with van der Waals surface area (Å²) in [6.07, 6.45) is 3.33. The third kappa shape index (κ3) is 5.02. The van der Waals surface area contributed by atoms with Crippen molar-refractivity contribution in [3.05, 3.63) is 113 Å². The smallest absolute Gasteiger partial charge is 0.0498 e. The molecule has 0 heterocycles. The van der Waals surface area contributed by atoms with E-state index < -0.39 is 10.8 Å². The van der Waals surface area contributed by atoms with Gasteiger partial charge in [0.05, 0.1) is 0 Å². The lowest BCUT2D eigenvalue weighted by atomic mass is 10.00. The molecule has 1 atom stereocenters. The highest BCUT2D eigenvalue weighted by Crippen LogP contribution is 2.20. The first-order valence-corrected chi connectivity index (χ1v) is 11.2. The Bertz CT molecular complexity index is 1210. The summed E-state index contributed by atoms with van der Waals surface area (Å²) < 4.78 is 11.5. The van der Waals surface area contributed by atoms with Crippen LogP contribution in [0.1, 0.15) is 22.3 Å². The molecule has 142 valence electrons. The zero-order valence-corrected chi connectivity index (χ0v) is 17.2. The van der Waals surface area contributed by atoms with Crippen LogP contribution in [0.3, 0.4) is 0 Å². The minimum Gasteiger partial charge on any atom is -0.255 e. The molecule has 0 aliphatic heterocycles. The summed E-state index contributed by atoms with van der Waals surface area (Å²) in [7, 11) is -0.933. The van der Waals surface area contributed by atoms with Crippen LogP contribution >= 0.6 is 0 Å². The van der Waals surface area contributed by atoms with E-state index in [-0.39, 0.29) is 0 Å². The van der Waals surface area contributed by atoms with E-state index in [4.69, 9.17) is 0 Å². The van der Waals surface area contributed by atoms with Crippen molar-refractivity contribution in [3.8, 4) is 11.8 Å². The fourth-order valence-corrected chi connectivity index (χ4v) is 3.88. The number of rotatable bonds is 4. The van der Waals surface area contributed by atoms with Crippen molar-refractivity contribution in [2.45, 2.75) is 17.7 Å². The van der Waals surface area contributed by atoms with Crippen LogP contribution in [0, 0.1) is 11.8 Å². The highest BCUT2D eigenvalue weighted by molar-refractivity contribution is 7.84. The lowest BCUT2D eigenvalue weighted by Crippen LogP contribution is -1.91. The van der Waals surface area contributed by atoms with Gasteiger partial charge in [-0.1, -0.05) is 78.6 Å². The molecular weight excluding hydrogens is 372 g/mol. The lowest BCUT2D eigenvalue weighted by molar-refractivity contribution is 0.687. The zero-order valence-electron chi connectivity index (χ0n) is 16.4. The van der Waals surface area contributed by atoms with E-state index in [9.17, 15) is 4.21 Å². The first-order chi connectivity index (χ1) is 14.2. The van der Waals surface area contributed by atoms with Gasteiger partial charge in [0.1, 0.15) is 0 Å². The van der Waals surface area contributed by atoms with Crippen molar-refractivity contribution >= 4 is 21.6 Å². The van der Waals surface area contributed by atoms with Crippen LogP contribution in [0.2, 0.25) is 0 Å². The molecule has 1 unspecified atom stereocenters. The molecule has 4 aromatic rings. The van der Waals surface area contributed by atoms with Gasteiger partial charge in [-0.3, -0.25) is 4.21 Å². The Balaban J connectivity index is 1.53. The summed E-state index contributed by atoms with van der Waals surface area (Å²) in [5.41, 5.74) is 4.76. The summed E-state index contributed by atoms with van der Waals surface area (Å²) in [6, 6.07) is 31.3. The molecule has 2 heteroatoms. The van der Waals surface area contributed by atoms with Gasteiger partial charge in [0.2, 0.25) is 0 Å². The van der Waals surface area contributed by atoms with Gasteiger partial charge in [-0.2, -0.15) is 0 Å². The molecule has 0 spiro atoms. The van der Waals surface area contributed by atoms with Gasteiger partial charge in [0, 0.05) is 33.9 Å². The molecule has 0 aliphatic rings. The van der Waals surface area contributed by atoms with E-state index in [1.54, 1.807) is 6.26 Å². The van der Waals surface area contributed by atoms with Crippen molar-refractivity contribution in [3.63, 3.8) is 0 Å². The molecular formula is C27H22OS. The molecule has 4 aromatic carbocycles. The van der Waals surface area contributed by atoms with Crippen molar-refractivity contribution in [2.75, 3.05) is 6.26 Å². The summed E-state index contributed by atoms with van der Waals surface area (Å²) in [4.78, 5) is 0.867. The molecule has 0 aliphatic carbocycles. The van der Waals surface area contributed by atoms with E-state index in [1.807, 2.05) is 30.3 Å². The molecule has 0 fully saturated rings. The molecule has 1 nitrogen and oxygen atoms in total. The van der Waals surface area contributed by atoms with E-state index >= 15 is 0 Å². The van der Waals surface area contributed by atoms with Crippen LogP contribution in [0.25, 0.3) is 10.8 Å². The van der Waals surface area contributed by atoms with Crippen molar-refractivity contribution < 1.29 is 4.21 Å². The second kappa shape index (κ2) is 8.90. The monoisotopic (exact) mass is 394 g/mol. The van der Waals surface area contributed by atoms with Crippen LogP contribution in [0.5, 0.6) is 0 Å². The van der Waals surface area contributed by atoms with Crippen LogP contribution in [-0.2, 0) is 23.6 Å². The standard InChI is InChI=1S/C27H22OS/c1-29(28)27-16-12-23(13-17-27)18-24-11-15-25-14-10-22(19-26(25)20-24)9-5-8-21-6-3-2-4-7-21/h2-4,6-7,10-17,19-20H,8,18H2,1H3. The molecule has 0 amide bonds. The maximum atomic E-state index is 11.5. The Morgan fingerprint density at radius 1 is 0.724 bits per heavy atom. The Morgan fingerprint density at radius 2 is 1.45 bits per heavy atom. The van der Waals surface area contributed by atoms with E-state index in [0.29, 0.717) is 0 Å². The highest BCUT2D eigenvalue weighted by Gasteiger charge is 2.02. The van der Waals surface area contributed by atoms with Crippen molar-refractivity contribution in [1.82, 2.24) is 0 Å². The van der Waals surface area contributed by atoms with Crippen LogP contribution < -0.4 is 0 Å². The molecule has 0 bridgehead atoms. The minimum absolute atomic E-state index is 0.761. The number of benzene rings is 4. The molecule has 0 saturated carbocycles. The second-order valence-corrected chi connectivity index (χ2v) is 8.51. The number of hydrogen-bond donors (Lipinski definition) is 0. The molecule has 0 saturated heterocycles. The molecule has 0 radical (unpaired) electrons. The fourth-order valence-electron chi connectivity index (χ4n) is 3.36. The van der Waals surface area contributed by atoms with Gasteiger partial charge in [0.25, 0.3) is 0 Å². The summed E-state index contributed by atoms with van der Waals surface area (Å²) in [5.74, 6) is 6.57. The van der Waals surface area contributed by atoms with E-state index in [2.05, 4.69) is 72.5 Å². The van der Waals surface area contributed by atoms with E-state index in [1.165, 1.54) is 27.5 Å². The van der Waals surface area contributed by atoms with E-state index in [0.717, 1.165) is 23.3 Å². The average molecular weight is 395 g/mol. The Morgan fingerprint density at radius 3 is 2.21 bits per heavy atom. The second-order valence-electron chi connectivity index (χ2n) is 7.14. The van der Waals surface area contributed by atoms with Gasteiger partial charge in [-0.05, 0) is 58.1 Å². The third-order valence-electron chi connectivity index (χ3n) is 4.94. The number of fused-ring (bicyclic) bond motifs is 1. The van der Waals surface area contributed by atoms with Gasteiger partial charge >= 0.3 is 0 Å². The van der Waals surface area contributed by atoms with Crippen LogP contribution in [0.15, 0.2) is 95.9 Å². The van der Waals surface area contributed by atoms with Gasteiger partial charge < -0.3 is 0 Å². The summed E-state index contributed by atoms with van der Waals surface area (Å²) >= 11 is 0. The Hall–Kier alpha value is -3.15. The van der Waals surface area contributed by atoms with Gasteiger partial charge in [-0.25, -0.2) is 0 Å². The quantitative estimate of drug-likeness (QED) is 0.402. The predicted molar refractivity (Wildman–Crippen MR) is 123 cm³/mol. The van der Waals surface area contributed by atoms with Crippen LogP contribution in [-0.4, -0.2) is 10.5 Å². The fraction of sp³-hybridized carbons (Fsp3) is 0.111.